The average molecular weight is 368 g/mol. The summed E-state index contributed by atoms with van der Waals surface area (Å²) in [5, 5.41) is 12.5. The molecule has 27 heavy (non-hydrogen) atoms. The van der Waals surface area contributed by atoms with E-state index in [1.54, 1.807) is 4.90 Å². The first-order valence-corrected chi connectivity index (χ1v) is 9.57. The zero-order valence-corrected chi connectivity index (χ0v) is 15.3. The molecule has 0 aromatic heterocycles. The van der Waals surface area contributed by atoms with Gasteiger partial charge in [0.1, 0.15) is 0 Å². The van der Waals surface area contributed by atoms with Crippen LogP contribution in [0.15, 0.2) is 36.4 Å². The van der Waals surface area contributed by atoms with E-state index in [2.05, 4.69) is 5.32 Å². The summed E-state index contributed by atoms with van der Waals surface area (Å²) in [6.07, 6.45) is 6.16. The largest absolute Gasteiger partial charge is 0.481 e. The van der Waals surface area contributed by atoms with Crippen LogP contribution >= 0.6 is 0 Å². The van der Waals surface area contributed by atoms with Crippen LogP contribution in [0.25, 0.3) is 0 Å². The van der Waals surface area contributed by atoms with Crippen LogP contribution in [0.5, 0.6) is 0 Å². The van der Waals surface area contributed by atoms with Gasteiger partial charge in [0.05, 0.1) is 17.9 Å². The molecular weight excluding hydrogens is 344 g/mol. The van der Waals surface area contributed by atoms with Crippen molar-refractivity contribution >= 4 is 23.5 Å². The van der Waals surface area contributed by atoms with E-state index in [1.807, 2.05) is 43.3 Å². The van der Waals surface area contributed by atoms with Gasteiger partial charge in [-0.1, -0.05) is 24.3 Å². The van der Waals surface area contributed by atoms with Crippen LogP contribution in [-0.4, -0.2) is 29.4 Å². The predicted molar refractivity (Wildman–Crippen MR) is 99.9 cm³/mol. The first-order valence-electron chi connectivity index (χ1n) is 9.57. The molecule has 2 bridgehead atoms. The Balaban J connectivity index is 1.43. The zero-order chi connectivity index (χ0) is 19.1. The number of fused-ring (bicyclic) bond motifs is 2. The van der Waals surface area contributed by atoms with Gasteiger partial charge in [0.25, 0.3) is 0 Å². The van der Waals surface area contributed by atoms with Crippen molar-refractivity contribution in [1.82, 2.24) is 5.32 Å². The molecule has 2 N–H and O–H groups in total. The molecule has 1 saturated carbocycles. The Labute approximate surface area is 158 Å². The van der Waals surface area contributed by atoms with Crippen LogP contribution in [0.3, 0.4) is 0 Å². The summed E-state index contributed by atoms with van der Waals surface area (Å²) in [6.45, 7) is 2.64. The lowest BCUT2D eigenvalue weighted by Crippen LogP contribution is -2.41. The zero-order valence-electron chi connectivity index (χ0n) is 15.3. The van der Waals surface area contributed by atoms with Gasteiger partial charge >= 0.3 is 5.97 Å². The van der Waals surface area contributed by atoms with Crippen LogP contribution in [0.1, 0.15) is 37.8 Å². The third-order valence-corrected chi connectivity index (χ3v) is 6.18. The van der Waals surface area contributed by atoms with Gasteiger partial charge in [-0.3, -0.25) is 14.4 Å². The second-order valence-electron chi connectivity index (χ2n) is 7.81. The number of nitrogens with one attached hydrogen (secondary N) is 1. The fraction of sp³-hybridized carbons (Fsp3) is 0.476. The molecule has 2 fully saturated rings. The van der Waals surface area contributed by atoms with Gasteiger partial charge in [-0.2, -0.15) is 0 Å². The molecule has 0 spiro atoms. The molecule has 5 atom stereocenters. The molecule has 2 aliphatic carbocycles. The number of nitrogens with zero attached hydrogens (tertiary/aromatic N) is 1. The maximum absolute atomic E-state index is 12.8. The maximum Gasteiger partial charge on any atom is 0.307 e. The van der Waals surface area contributed by atoms with Crippen molar-refractivity contribution in [3.63, 3.8) is 0 Å². The summed E-state index contributed by atoms with van der Waals surface area (Å²) in [4.78, 5) is 38.0. The van der Waals surface area contributed by atoms with E-state index < -0.39 is 17.8 Å². The number of aliphatic carboxylic acids is 1. The first-order chi connectivity index (χ1) is 13.0. The van der Waals surface area contributed by atoms with Crippen molar-refractivity contribution in [3.05, 3.63) is 42.0 Å². The second-order valence-corrected chi connectivity index (χ2v) is 7.81. The minimum Gasteiger partial charge on any atom is -0.481 e. The molecule has 1 aromatic carbocycles. The van der Waals surface area contributed by atoms with Gasteiger partial charge in [-0.05, 0) is 49.3 Å². The summed E-state index contributed by atoms with van der Waals surface area (Å²) < 4.78 is 0. The minimum atomic E-state index is -0.890. The molecule has 6 nitrogen and oxygen atoms in total. The Kier molecular flexibility index (Phi) is 4.50. The molecule has 2 amide bonds. The number of hydrogen-bond acceptors (Lipinski definition) is 3. The standard InChI is InChI=1S/C21H24N2O4/c1-12(13-6-8-16(9-7-13)23-10-2-3-17(23)24)22-20(25)18-14-4-5-15(11-14)19(18)21(26)27/h4-9,12,14-15,18-19H,2-3,10-11H2,1H3,(H,22,25)(H,26,27)/t12-,14-,15-,18-,19-/m0/s1. The Morgan fingerprint density at radius 3 is 2.41 bits per heavy atom. The van der Waals surface area contributed by atoms with E-state index in [4.69, 9.17) is 0 Å². The highest BCUT2D eigenvalue weighted by Gasteiger charge is 2.51. The number of rotatable bonds is 5. The van der Waals surface area contributed by atoms with Crippen LogP contribution in [0.2, 0.25) is 0 Å². The summed E-state index contributed by atoms with van der Waals surface area (Å²) in [5.74, 6) is -2.07. The molecule has 1 aromatic rings. The van der Waals surface area contributed by atoms with Crippen LogP contribution in [-0.2, 0) is 14.4 Å². The second kappa shape index (κ2) is 6.83. The minimum absolute atomic E-state index is 0.0202. The molecule has 1 heterocycles. The lowest BCUT2D eigenvalue weighted by Gasteiger charge is -2.26. The Morgan fingerprint density at radius 1 is 1.15 bits per heavy atom. The third-order valence-electron chi connectivity index (χ3n) is 6.18. The van der Waals surface area contributed by atoms with E-state index >= 15 is 0 Å². The van der Waals surface area contributed by atoms with Crippen molar-refractivity contribution in [2.45, 2.75) is 32.2 Å². The quantitative estimate of drug-likeness (QED) is 0.782. The summed E-state index contributed by atoms with van der Waals surface area (Å²) >= 11 is 0. The normalized spacial score (nSPS) is 30.0. The Bertz CT molecular complexity index is 801. The van der Waals surface area contributed by atoms with Gasteiger partial charge in [-0.15, -0.1) is 0 Å². The van der Waals surface area contributed by atoms with E-state index in [1.165, 1.54) is 0 Å². The lowest BCUT2D eigenvalue weighted by molar-refractivity contribution is -0.148. The van der Waals surface area contributed by atoms with E-state index in [-0.39, 0.29) is 29.7 Å². The number of benzene rings is 1. The highest BCUT2D eigenvalue weighted by atomic mass is 16.4. The molecule has 0 unspecified atom stereocenters. The van der Waals surface area contributed by atoms with Crippen LogP contribution < -0.4 is 10.2 Å². The van der Waals surface area contributed by atoms with Gasteiger partial charge in [-0.25, -0.2) is 0 Å². The van der Waals surface area contributed by atoms with Gasteiger partial charge in [0.15, 0.2) is 0 Å². The predicted octanol–water partition coefficient (Wildman–Crippen LogP) is 2.51. The number of amides is 2. The van der Waals surface area contributed by atoms with Crippen molar-refractivity contribution in [1.29, 1.82) is 0 Å². The molecule has 4 rings (SSSR count). The smallest absolute Gasteiger partial charge is 0.307 e. The molecule has 1 saturated heterocycles. The Hall–Kier alpha value is -2.63. The Morgan fingerprint density at radius 2 is 1.81 bits per heavy atom. The van der Waals surface area contributed by atoms with Crippen LogP contribution in [0, 0.1) is 23.7 Å². The molecular formula is C21H24N2O4. The van der Waals surface area contributed by atoms with Gasteiger partial charge < -0.3 is 15.3 Å². The molecule has 3 aliphatic rings. The highest BCUT2D eigenvalue weighted by molar-refractivity contribution is 5.95. The highest BCUT2D eigenvalue weighted by Crippen LogP contribution is 2.48. The van der Waals surface area contributed by atoms with Crippen LogP contribution in [0.4, 0.5) is 5.69 Å². The SMILES string of the molecule is C[C@H](NC(=O)[C@@H]1[C@@H](C(=O)O)[C@H]2C=C[C@H]1C2)c1ccc(N2CCCC2=O)cc1. The monoisotopic (exact) mass is 368 g/mol. The van der Waals surface area contributed by atoms with Gasteiger partial charge in [0.2, 0.25) is 11.8 Å². The summed E-state index contributed by atoms with van der Waals surface area (Å²) in [6, 6.07) is 7.42. The lowest BCUT2D eigenvalue weighted by atomic mass is 9.82. The number of carboxylic acids is 1. The topological polar surface area (TPSA) is 86.7 Å². The van der Waals surface area contributed by atoms with Crippen molar-refractivity contribution in [2.75, 3.05) is 11.4 Å². The molecule has 0 radical (unpaired) electrons. The van der Waals surface area contributed by atoms with E-state index in [0.29, 0.717) is 6.42 Å². The van der Waals surface area contributed by atoms with Crippen molar-refractivity contribution in [2.24, 2.45) is 23.7 Å². The maximum atomic E-state index is 12.8. The number of hydrogen-bond donors (Lipinski definition) is 2. The van der Waals surface area contributed by atoms with Crippen molar-refractivity contribution in [3.8, 4) is 0 Å². The number of anilines is 1. The third kappa shape index (κ3) is 3.13. The average Bonchev–Trinajstić information content (AvgIpc) is 3.37. The molecule has 142 valence electrons. The summed E-state index contributed by atoms with van der Waals surface area (Å²) in [5.41, 5.74) is 1.81. The fourth-order valence-electron chi connectivity index (χ4n) is 4.77. The fourth-order valence-corrected chi connectivity index (χ4v) is 4.77. The number of allylic oxidation sites excluding steroid dienone is 2. The number of carbonyl (C=O) groups excluding carboxylic acids is 2. The molecule has 6 heteroatoms. The number of carbonyl (C=O) groups is 3. The van der Waals surface area contributed by atoms with Crippen molar-refractivity contribution < 1.29 is 19.5 Å². The summed E-state index contributed by atoms with van der Waals surface area (Å²) in [7, 11) is 0. The first kappa shape index (κ1) is 17.8. The van der Waals surface area contributed by atoms with E-state index in [0.717, 1.165) is 30.6 Å². The molecule has 1 aliphatic heterocycles. The number of carboxylic acid groups (broad SMARTS) is 1. The van der Waals surface area contributed by atoms with Gasteiger partial charge in [0, 0.05) is 18.7 Å². The van der Waals surface area contributed by atoms with E-state index in [9.17, 15) is 19.5 Å².